The number of carbonyl (C=O) groups is 1. The molecule has 1 aromatic rings. The minimum Gasteiger partial charge on any atom is -0.464 e. The lowest BCUT2D eigenvalue weighted by molar-refractivity contribution is 0.0595. The highest BCUT2D eigenvalue weighted by molar-refractivity contribution is 5.87. The number of methoxy groups -OCH3 is 1. The molecule has 0 spiro atoms. The Kier molecular flexibility index (Phi) is 4.15. The number of hydrogen-bond donors (Lipinski definition) is 1. The third-order valence-corrected chi connectivity index (χ3v) is 2.48. The number of aromatic nitrogens is 1. The number of esters is 1. The Hall–Kier alpha value is -1.73. The van der Waals surface area contributed by atoms with Crippen molar-refractivity contribution in [3.63, 3.8) is 0 Å². The highest BCUT2D eigenvalue weighted by Gasteiger charge is 2.11. The molecule has 1 heterocycles. The fraction of sp³-hybridized carbons (Fsp3) is 0.417. The Morgan fingerprint density at radius 3 is 3.00 bits per heavy atom. The van der Waals surface area contributed by atoms with Crippen LogP contribution in [-0.2, 0) is 11.3 Å². The van der Waals surface area contributed by atoms with E-state index in [1.165, 1.54) is 7.11 Å². The minimum absolute atomic E-state index is 0.0662. The van der Waals surface area contributed by atoms with Gasteiger partial charge >= 0.3 is 5.97 Å². The number of nitrogens with zero attached hydrogens (tertiary/aromatic N) is 1. The number of nitrogens with one attached hydrogen (secondary N) is 1. The van der Waals surface area contributed by atoms with Crippen molar-refractivity contribution in [2.24, 2.45) is 0 Å². The van der Waals surface area contributed by atoms with Crippen LogP contribution in [0.1, 0.15) is 23.0 Å². The van der Waals surface area contributed by atoms with Crippen LogP contribution in [0.3, 0.4) is 0 Å². The van der Waals surface area contributed by atoms with Gasteiger partial charge in [-0.3, -0.25) is 4.90 Å². The van der Waals surface area contributed by atoms with Gasteiger partial charge in [-0.05, 0) is 25.6 Å². The van der Waals surface area contributed by atoms with E-state index in [9.17, 15) is 4.79 Å². The van der Waals surface area contributed by atoms with Crippen molar-refractivity contribution >= 4 is 5.97 Å². The van der Waals surface area contributed by atoms with Crippen LogP contribution in [0.15, 0.2) is 12.3 Å². The summed E-state index contributed by atoms with van der Waals surface area (Å²) in [4.78, 5) is 16.1. The molecule has 4 heteroatoms. The molecule has 0 aliphatic carbocycles. The van der Waals surface area contributed by atoms with Gasteiger partial charge in [0.2, 0.25) is 0 Å². The second-order valence-electron chi connectivity index (χ2n) is 3.67. The molecule has 0 aromatic carbocycles. The number of H-pyrrole nitrogens is 1. The van der Waals surface area contributed by atoms with Crippen LogP contribution in [0, 0.1) is 12.3 Å². The molecule has 0 saturated carbocycles. The number of terminal acetylenes is 1. The molecule has 0 saturated heterocycles. The predicted octanol–water partition coefficient (Wildman–Crippen LogP) is 1.25. The molecule has 1 N–H and O–H groups in total. The van der Waals surface area contributed by atoms with E-state index in [1.807, 2.05) is 18.9 Å². The third kappa shape index (κ3) is 2.88. The lowest BCUT2D eigenvalue weighted by Gasteiger charge is -2.19. The molecule has 0 radical (unpaired) electrons. The molecule has 0 aliphatic heterocycles. The summed E-state index contributed by atoms with van der Waals surface area (Å²) in [6, 6.07) is 1.84. The molecule has 0 aliphatic rings. The van der Waals surface area contributed by atoms with Crippen molar-refractivity contribution < 1.29 is 9.53 Å². The SMILES string of the molecule is C#CC(C)N(C)Cc1c[nH]c(C(=O)OC)c1. The van der Waals surface area contributed by atoms with Crippen LogP contribution in [0.2, 0.25) is 0 Å². The van der Waals surface area contributed by atoms with Gasteiger partial charge in [0.05, 0.1) is 13.2 Å². The average molecular weight is 220 g/mol. The summed E-state index contributed by atoms with van der Waals surface area (Å²) >= 11 is 0. The summed E-state index contributed by atoms with van der Waals surface area (Å²) in [6.07, 6.45) is 7.11. The highest BCUT2D eigenvalue weighted by atomic mass is 16.5. The zero-order chi connectivity index (χ0) is 12.1. The van der Waals surface area contributed by atoms with Crippen molar-refractivity contribution in [1.29, 1.82) is 0 Å². The van der Waals surface area contributed by atoms with Gasteiger partial charge in [-0.25, -0.2) is 4.79 Å². The van der Waals surface area contributed by atoms with Crippen molar-refractivity contribution in [3.05, 3.63) is 23.5 Å². The van der Waals surface area contributed by atoms with E-state index in [-0.39, 0.29) is 12.0 Å². The van der Waals surface area contributed by atoms with Crippen molar-refractivity contribution in [3.8, 4) is 12.3 Å². The zero-order valence-corrected chi connectivity index (χ0v) is 9.78. The summed E-state index contributed by atoms with van der Waals surface area (Å²) in [5, 5.41) is 0. The van der Waals surface area contributed by atoms with E-state index < -0.39 is 0 Å². The Morgan fingerprint density at radius 2 is 2.44 bits per heavy atom. The molecule has 1 unspecified atom stereocenters. The van der Waals surface area contributed by atoms with Crippen LogP contribution < -0.4 is 0 Å². The van der Waals surface area contributed by atoms with Crippen molar-refractivity contribution in [1.82, 2.24) is 9.88 Å². The maximum atomic E-state index is 11.2. The van der Waals surface area contributed by atoms with E-state index in [2.05, 4.69) is 15.6 Å². The van der Waals surface area contributed by atoms with Crippen LogP contribution in [0.5, 0.6) is 0 Å². The Morgan fingerprint density at radius 1 is 1.75 bits per heavy atom. The number of ether oxygens (including phenoxy) is 1. The Bertz CT molecular complexity index is 403. The molecule has 1 atom stereocenters. The van der Waals surface area contributed by atoms with E-state index >= 15 is 0 Å². The average Bonchev–Trinajstić information content (AvgIpc) is 2.75. The number of rotatable bonds is 4. The number of hydrogen-bond acceptors (Lipinski definition) is 3. The highest BCUT2D eigenvalue weighted by Crippen LogP contribution is 2.08. The quantitative estimate of drug-likeness (QED) is 0.613. The molecule has 16 heavy (non-hydrogen) atoms. The van der Waals surface area contributed by atoms with E-state index in [1.54, 1.807) is 12.3 Å². The first kappa shape index (κ1) is 12.3. The fourth-order valence-electron chi connectivity index (χ4n) is 1.31. The third-order valence-electron chi connectivity index (χ3n) is 2.48. The lowest BCUT2D eigenvalue weighted by Crippen LogP contribution is -2.26. The molecule has 1 aromatic heterocycles. The van der Waals surface area contributed by atoms with Crippen LogP contribution >= 0.6 is 0 Å². The molecule has 4 nitrogen and oxygen atoms in total. The second kappa shape index (κ2) is 5.38. The maximum Gasteiger partial charge on any atom is 0.354 e. The van der Waals surface area contributed by atoms with E-state index in [0.717, 1.165) is 5.56 Å². The van der Waals surface area contributed by atoms with Crippen molar-refractivity contribution in [2.45, 2.75) is 19.5 Å². The standard InChI is InChI=1S/C12H16N2O2/c1-5-9(2)14(3)8-10-6-11(13-7-10)12(15)16-4/h1,6-7,9,13H,8H2,2-4H3. The summed E-state index contributed by atoms with van der Waals surface area (Å²) in [5.74, 6) is 2.29. The van der Waals surface area contributed by atoms with E-state index in [0.29, 0.717) is 12.2 Å². The summed E-state index contributed by atoms with van der Waals surface area (Å²) in [7, 11) is 3.30. The normalized spacial score (nSPS) is 12.2. The lowest BCUT2D eigenvalue weighted by atomic mass is 10.2. The van der Waals surface area contributed by atoms with Crippen LogP contribution in [0.4, 0.5) is 0 Å². The van der Waals surface area contributed by atoms with Crippen LogP contribution in [-0.4, -0.2) is 36.1 Å². The van der Waals surface area contributed by atoms with Gasteiger partial charge in [0.1, 0.15) is 5.69 Å². The summed E-state index contributed by atoms with van der Waals surface area (Å²) < 4.78 is 4.61. The first-order valence-electron chi connectivity index (χ1n) is 5.00. The maximum absolute atomic E-state index is 11.2. The molecule has 1 rings (SSSR count). The predicted molar refractivity (Wildman–Crippen MR) is 61.9 cm³/mol. The van der Waals surface area contributed by atoms with Crippen LogP contribution in [0.25, 0.3) is 0 Å². The van der Waals surface area contributed by atoms with Crippen molar-refractivity contribution in [2.75, 3.05) is 14.2 Å². The van der Waals surface area contributed by atoms with Gasteiger partial charge in [-0.2, -0.15) is 0 Å². The van der Waals surface area contributed by atoms with Gasteiger partial charge in [0.15, 0.2) is 0 Å². The first-order chi connectivity index (χ1) is 7.58. The Balaban J connectivity index is 2.66. The van der Waals surface area contributed by atoms with Gasteiger partial charge in [0.25, 0.3) is 0 Å². The molecule has 0 fully saturated rings. The fourth-order valence-corrected chi connectivity index (χ4v) is 1.31. The molecule has 86 valence electrons. The topological polar surface area (TPSA) is 45.3 Å². The van der Waals surface area contributed by atoms with Gasteiger partial charge in [0, 0.05) is 12.7 Å². The van der Waals surface area contributed by atoms with Gasteiger partial charge in [-0.15, -0.1) is 6.42 Å². The smallest absolute Gasteiger partial charge is 0.354 e. The Labute approximate surface area is 95.6 Å². The first-order valence-corrected chi connectivity index (χ1v) is 5.00. The summed E-state index contributed by atoms with van der Waals surface area (Å²) in [6.45, 7) is 2.65. The second-order valence-corrected chi connectivity index (χ2v) is 3.67. The van der Waals surface area contributed by atoms with E-state index in [4.69, 9.17) is 6.42 Å². The molecular formula is C12H16N2O2. The zero-order valence-electron chi connectivity index (χ0n) is 9.78. The number of carbonyl (C=O) groups excluding carboxylic acids is 1. The molecular weight excluding hydrogens is 204 g/mol. The van der Waals surface area contributed by atoms with Gasteiger partial charge in [-0.1, -0.05) is 5.92 Å². The minimum atomic E-state index is -0.362. The largest absolute Gasteiger partial charge is 0.464 e. The van der Waals surface area contributed by atoms with Gasteiger partial charge < -0.3 is 9.72 Å². The molecule has 0 bridgehead atoms. The molecule has 0 amide bonds. The number of aromatic amines is 1. The monoisotopic (exact) mass is 220 g/mol. The summed E-state index contributed by atoms with van der Waals surface area (Å²) in [5.41, 5.74) is 1.46.